The summed E-state index contributed by atoms with van der Waals surface area (Å²) >= 11 is 7.09. The first-order chi connectivity index (χ1) is 22.2. The number of rotatable bonds is 8. The Hall–Kier alpha value is -5.05. The van der Waals surface area contributed by atoms with E-state index in [1.807, 2.05) is 31.2 Å². The standard InChI is InChI=1S/C34H32ClN7O4/c1-18-21(7-6-10-25(18)39-32(44)24-16-28(36-2)41-42(3)34(24)45)22-8-5-9-23(31(22)35)27-15-19-11-13-26(30(19)33(40-27)46-4)37-17-20-12-14-29(43)38-20/h5-10,15-16,20,26,37H,11-14,17H2,1,3-4H3,(H,38,43)(H,39,44). The number of carbonyl (C=O) groups excluding carboxylic acids is 2. The first-order valence-corrected chi connectivity index (χ1v) is 15.3. The number of amides is 2. The second-order valence-electron chi connectivity index (χ2n) is 11.4. The molecule has 4 aromatic rings. The Morgan fingerprint density at radius 2 is 1.89 bits per heavy atom. The van der Waals surface area contributed by atoms with Crippen molar-refractivity contribution in [2.45, 2.75) is 44.7 Å². The van der Waals surface area contributed by atoms with Gasteiger partial charge in [0.2, 0.25) is 11.8 Å². The lowest BCUT2D eigenvalue weighted by atomic mass is 9.96. The van der Waals surface area contributed by atoms with Gasteiger partial charge in [-0.3, -0.25) is 14.4 Å². The van der Waals surface area contributed by atoms with E-state index in [4.69, 9.17) is 27.9 Å². The molecule has 2 atom stereocenters. The maximum Gasteiger partial charge on any atom is 0.294 e. The van der Waals surface area contributed by atoms with E-state index in [0.29, 0.717) is 35.2 Å². The van der Waals surface area contributed by atoms with E-state index in [0.717, 1.165) is 57.3 Å². The molecule has 2 unspecified atom stereocenters. The summed E-state index contributed by atoms with van der Waals surface area (Å²) in [6, 6.07) is 14.7. The molecule has 1 aliphatic carbocycles. The number of nitrogens with zero attached hydrogens (tertiary/aromatic N) is 4. The highest BCUT2D eigenvalue weighted by Crippen LogP contribution is 2.43. The normalized spacial score (nSPS) is 16.9. The second-order valence-corrected chi connectivity index (χ2v) is 11.8. The second kappa shape index (κ2) is 12.7. The summed E-state index contributed by atoms with van der Waals surface area (Å²) in [5, 5.41) is 13.8. The van der Waals surface area contributed by atoms with Gasteiger partial charge >= 0.3 is 0 Å². The zero-order valence-electron chi connectivity index (χ0n) is 25.6. The van der Waals surface area contributed by atoms with Crippen molar-refractivity contribution in [3.8, 4) is 28.3 Å². The Kier molecular flexibility index (Phi) is 8.58. The van der Waals surface area contributed by atoms with Crippen LogP contribution in [0.25, 0.3) is 27.2 Å². The largest absolute Gasteiger partial charge is 0.481 e. The van der Waals surface area contributed by atoms with Crippen LogP contribution in [-0.4, -0.2) is 46.3 Å². The lowest BCUT2D eigenvalue weighted by Crippen LogP contribution is -2.36. The van der Waals surface area contributed by atoms with Gasteiger partial charge in [-0.25, -0.2) is 4.98 Å². The summed E-state index contributed by atoms with van der Waals surface area (Å²) in [6.45, 7) is 9.78. The Balaban J connectivity index is 1.29. The molecule has 1 fully saturated rings. The van der Waals surface area contributed by atoms with Gasteiger partial charge in [-0.15, -0.1) is 0 Å². The van der Waals surface area contributed by atoms with Gasteiger partial charge in [-0.2, -0.15) is 4.68 Å². The minimum Gasteiger partial charge on any atom is -0.481 e. The average Bonchev–Trinajstić information content (AvgIpc) is 3.67. The van der Waals surface area contributed by atoms with Crippen molar-refractivity contribution in [2.75, 3.05) is 19.0 Å². The summed E-state index contributed by atoms with van der Waals surface area (Å²) in [6.07, 6.45) is 3.15. The van der Waals surface area contributed by atoms with Crippen LogP contribution in [0.1, 0.15) is 52.4 Å². The number of aryl methyl sites for hydroxylation is 2. The van der Waals surface area contributed by atoms with Gasteiger partial charge in [0.25, 0.3) is 17.3 Å². The monoisotopic (exact) mass is 637 g/mol. The maximum absolute atomic E-state index is 13.1. The number of methoxy groups -OCH3 is 1. The molecule has 11 nitrogen and oxygen atoms in total. The zero-order chi connectivity index (χ0) is 32.5. The van der Waals surface area contributed by atoms with Crippen LogP contribution in [0.2, 0.25) is 5.02 Å². The fourth-order valence-corrected chi connectivity index (χ4v) is 6.54. The van der Waals surface area contributed by atoms with Crippen LogP contribution < -0.4 is 26.2 Å². The van der Waals surface area contributed by atoms with Crippen LogP contribution >= 0.6 is 11.6 Å². The molecule has 2 amide bonds. The third kappa shape index (κ3) is 5.85. The Morgan fingerprint density at radius 1 is 1.13 bits per heavy atom. The molecule has 0 spiro atoms. The van der Waals surface area contributed by atoms with Crippen LogP contribution in [0.15, 0.2) is 53.3 Å². The molecular weight excluding hydrogens is 606 g/mol. The van der Waals surface area contributed by atoms with Crippen LogP contribution in [0, 0.1) is 13.5 Å². The van der Waals surface area contributed by atoms with Crippen LogP contribution in [0.5, 0.6) is 5.88 Å². The zero-order valence-corrected chi connectivity index (χ0v) is 26.4. The highest BCUT2D eigenvalue weighted by molar-refractivity contribution is 6.36. The summed E-state index contributed by atoms with van der Waals surface area (Å²) < 4.78 is 6.76. The third-order valence-corrected chi connectivity index (χ3v) is 9.01. The molecule has 3 heterocycles. The number of fused-ring (bicyclic) bond motifs is 1. The summed E-state index contributed by atoms with van der Waals surface area (Å²) in [5.74, 6) is -0.0440. The van der Waals surface area contributed by atoms with E-state index >= 15 is 0 Å². The Labute approximate surface area is 270 Å². The number of pyridine rings is 1. The van der Waals surface area contributed by atoms with Crippen molar-refractivity contribution in [2.24, 2.45) is 7.05 Å². The van der Waals surface area contributed by atoms with Crippen LogP contribution in [-0.2, 0) is 18.3 Å². The predicted octanol–water partition coefficient (Wildman–Crippen LogP) is 5.14. The van der Waals surface area contributed by atoms with Crippen molar-refractivity contribution >= 4 is 34.9 Å². The summed E-state index contributed by atoms with van der Waals surface area (Å²) in [4.78, 5) is 45.5. The number of benzene rings is 2. The highest BCUT2D eigenvalue weighted by atomic mass is 35.5. The van der Waals surface area contributed by atoms with Crippen molar-refractivity contribution < 1.29 is 14.3 Å². The molecule has 1 saturated heterocycles. The van der Waals surface area contributed by atoms with E-state index in [-0.39, 0.29) is 29.4 Å². The van der Waals surface area contributed by atoms with Gasteiger partial charge < -0.3 is 25.5 Å². The molecule has 0 bridgehead atoms. The summed E-state index contributed by atoms with van der Waals surface area (Å²) in [7, 11) is 3.01. The smallest absolute Gasteiger partial charge is 0.294 e. The van der Waals surface area contributed by atoms with Gasteiger partial charge in [0.15, 0.2) is 0 Å². The molecule has 0 radical (unpaired) electrons. The molecule has 234 valence electrons. The topological polar surface area (TPSA) is 132 Å². The molecule has 46 heavy (non-hydrogen) atoms. The third-order valence-electron chi connectivity index (χ3n) is 8.61. The van der Waals surface area contributed by atoms with Gasteiger partial charge in [0.05, 0.1) is 30.4 Å². The van der Waals surface area contributed by atoms with Crippen LogP contribution in [0.4, 0.5) is 11.5 Å². The quantitative estimate of drug-likeness (QED) is 0.228. The van der Waals surface area contributed by atoms with E-state index in [1.165, 1.54) is 13.1 Å². The summed E-state index contributed by atoms with van der Waals surface area (Å²) in [5.41, 5.74) is 5.63. The lowest BCUT2D eigenvalue weighted by Gasteiger charge is -2.20. The SMILES string of the molecule is [C-]#[N+]c1cc(C(=O)Nc2cccc(-c3cccc(-c4cc5c(c(OC)n4)C(NCC4CCC(=O)N4)CC5)c3Cl)c2C)c(=O)n(C)n1. The molecule has 6 rings (SSSR count). The van der Waals surface area contributed by atoms with Gasteiger partial charge in [0.1, 0.15) is 0 Å². The number of ether oxygens (including phenoxy) is 1. The highest BCUT2D eigenvalue weighted by Gasteiger charge is 2.30. The van der Waals surface area contributed by atoms with Crippen molar-refractivity contribution in [1.82, 2.24) is 25.4 Å². The number of carbonyl (C=O) groups is 2. The molecule has 2 aliphatic rings. The Morgan fingerprint density at radius 3 is 2.63 bits per heavy atom. The minimum absolute atomic E-state index is 0.0519. The molecular formula is C34H32ClN7O4. The molecule has 1 aliphatic heterocycles. The molecule has 0 saturated carbocycles. The van der Waals surface area contributed by atoms with Gasteiger partial charge in [-0.1, -0.05) is 48.5 Å². The fourth-order valence-electron chi connectivity index (χ4n) is 6.22. The molecule has 3 N–H and O–H groups in total. The van der Waals surface area contributed by atoms with Crippen molar-refractivity contribution in [3.63, 3.8) is 0 Å². The maximum atomic E-state index is 13.1. The van der Waals surface area contributed by atoms with Crippen molar-refractivity contribution in [3.05, 3.63) is 97.6 Å². The van der Waals surface area contributed by atoms with E-state index in [9.17, 15) is 14.4 Å². The van der Waals surface area contributed by atoms with Gasteiger partial charge in [0, 0.05) is 47.4 Å². The first kappa shape index (κ1) is 31.0. The van der Waals surface area contributed by atoms with Crippen LogP contribution in [0.3, 0.4) is 0 Å². The number of hydrogen-bond donors (Lipinski definition) is 3. The number of halogens is 1. The molecule has 2 aromatic heterocycles. The van der Waals surface area contributed by atoms with Gasteiger partial charge in [-0.05, 0) is 66.2 Å². The number of aromatic nitrogens is 3. The molecule has 12 heteroatoms. The number of anilines is 1. The van der Waals surface area contributed by atoms with E-state index in [2.05, 4.69) is 32.0 Å². The Bertz CT molecular complexity index is 1980. The average molecular weight is 638 g/mol. The minimum atomic E-state index is -0.636. The fraction of sp³-hybridized carbons (Fsp3) is 0.294. The number of hydrogen-bond acceptors (Lipinski definition) is 7. The number of nitrogens with one attached hydrogen (secondary N) is 3. The van der Waals surface area contributed by atoms with E-state index in [1.54, 1.807) is 19.2 Å². The predicted molar refractivity (Wildman–Crippen MR) is 175 cm³/mol. The molecule has 2 aromatic carbocycles. The van der Waals surface area contributed by atoms with Crippen molar-refractivity contribution in [1.29, 1.82) is 0 Å². The lowest BCUT2D eigenvalue weighted by molar-refractivity contribution is -0.119. The van der Waals surface area contributed by atoms with E-state index < -0.39 is 11.5 Å². The first-order valence-electron chi connectivity index (χ1n) is 14.9.